The summed E-state index contributed by atoms with van der Waals surface area (Å²) in [6.45, 7) is 5.51. The van der Waals surface area contributed by atoms with E-state index in [1.165, 1.54) is 29.0 Å². The van der Waals surface area contributed by atoms with Crippen molar-refractivity contribution in [1.29, 1.82) is 0 Å². The summed E-state index contributed by atoms with van der Waals surface area (Å²) in [5, 5.41) is 0. The van der Waals surface area contributed by atoms with Crippen LogP contribution in [0.5, 0.6) is 0 Å². The standard InChI is InChI=1S/C22H31F3N2O4/c1-20(2,3)31-19(29)27-13-16(18(28)26(4)5)12-21(27,14-30-6)11-15-7-9-17(10-8-15)22(23,24)25/h7-10,16H,11-14H2,1-6H3/t16-,21+/m0/s1. The lowest BCUT2D eigenvalue weighted by molar-refractivity contribution is -0.137. The number of carbonyl (C=O) groups is 2. The summed E-state index contributed by atoms with van der Waals surface area (Å²) in [6, 6.07) is 4.83. The van der Waals surface area contributed by atoms with Gasteiger partial charge in [-0.15, -0.1) is 0 Å². The minimum atomic E-state index is -4.43. The van der Waals surface area contributed by atoms with Gasteiger partial charge in [-0.3, -0.25) is 9.69 Å². The molecule has 6 nitrogen and oxygen atoms in total. The van der Waals surface area contributed by atoms with Gasteiger partial charge >= 0.3 is 12.3 Å². The van der Waals surface area contributed by atoms with Crippen LogP contribution >= 0.6 is 0 Å². The Balaban J connectivity index is 2.42. The number of halogens is 3. The van der Waals surface area contributed by atoms with Gasteiger partial charge in [0.25, 0.3) is 0 Å². The van der Waals surface area contributed by atoms with Crippen LogP contribution in [0.4, 0.5) is 18.0 Å². The van der Waals surface area contributed by atoms with E-state index in [-0.39, 0.29) is 25.5 Å². The van der Waals surface area contributed by atoms with Gasteiger partial charge in [0.15, 0.2) is 0 Å². The van der Waals surface area contributed by atoms with Crippen LogP contribution in [0.15, 0.2) is 24.3 Å². The summed E-state index contributed by atoms with van der Waals surface area (Å²) < 4.78 is 49.8. The lowest BCUT2D eigenvalue weighted by Crippen LogP contribution is -2.53. The van der Waals surface area contributed by atoms with Gasteiger partial charge in [-0.25, -0.2) is 4.79 Å². The van der Waals surface area contributed by atoms with E-state index in [4.69, 9.17) is 9.47 Å². The molecular formula is C22H31F3N2O4. The van der Waals surface area contributed by atoms with Crippen molar-refractivity contribution < 1.29 is 32.2 Å². The molecule has 2 amide bonds. The maximum absolute atomic E-state index is 13.0. The number of hydrogen-bond donors (Lipinski definition) is 0. The number of benzene rings is 1. The van der Waals surface area contributed by atoms with Crippen molar-refractivity contribution in [2.24, 2.45) is 5.92 Å². The van der Waals surface area contributed by atoms with E-state index in [0.717, 1.165) is 12.1 Å². The molecule has 1 aliphatic heterocycles. The molecule has 1 aliphatic rings. The minimum absolute atomic E-state index is 0.116. The number of rotatable bonds is 5. The molecule has 1 fully saturated rings. The van der Waals surface area contributed by atoms with Gasteiger partial charge in [0, 0.05) is 27.7 Å². The van der Waals surface area contributed by atoms with Gasteiger partial charge in [-0.05, 0) is 51.3 Å². The number of methoxy groups -OCH3 is 1. The number of hydrogen-bond acceptors (Lipinski definition) is 4. The predicted molar refractivity (Wildman–Crippen MR) is 109 cm³/mol. The van der Waals surface area contributed by atoms with Crippen LogP contribution in [-0.2, 0) is 26.9 Å². The molecule has 0 saturated carbocycles. The van der Waals surface area contributed by atoms with Crippen molar-refractivity contribution in [2.75, 3.05) is 34.4 Å². The monoisotopic (exact) mass is 444 g/mol. The molecule has 0 bridgehead atoms. The SMILES string of the molecule is COC[C@@]1(Cc2ccc(C(F)(F)F)cc2)C[C@H](C(=O)N(C)C)CN1C(=O)OC(C)(C)C. The molecule has 1 aromatic carbocycles. The molecule has 0 radical (unpaired) electrons. The second kappa shape index (κ2) is 9.06. The molecule has 9 heteroatoms. The Morgan fingerprint density at radius 1 is 1.16 bits per heavy atom. The number of carbonyl (C=O) groups excluding carboxylic acids is 2. The third-order valence-corrected chi connectivity index (χ3v) is 5.23. The number of nitrogens with zero attached hydrogens (tertiary/aromatic N) is 2. The molecule has 31 heavy (non-hydrogen) atoms. The predicted octanol–water partition coefficient (Wildman–Crippen LogP) is 3.98. The number of alkyl halides is 3. The quantitative estimate of drug-likeness (QED) is 0.690. The Morgan fingerprint density at radius 2 is 1.74 bits per heavy atom. The molecule has 1 aromatic rings. The molecule has 0 aliphatic carbocycles. The Morgan fingerprint density at radius 3 is 2.19 bits per heavy atom. The zero-order valence-corrected chi connectivity index (χ0v) is 18.9. The fourth-order valence-corrected chi connectivity index (χ4v) is 3.98. The third kappa shape index (κ3) is 6.12. The molecule has 0 aromatic heterocycles. The van der Waals surface area contributed by atoms with Gasteiger partial charge in [0.2, 0.25) is 5.91 Å². The Labute approximate surface area is 181 Å². The molecule has 1 heterocycles. The highest BCUT2D eigenvalue weighted by atomic mass is 19.4. The molecular weight excluding hydrogens is 413 g/mol. The first kappa shape index (κ1) is 25.0. The topological polar surface area (TPSA) is 59.1 Å². The van der Waals surface area contributed by atoms with Crippen LogP contribution < -0.4 is 0 Å². The average Bonchev–Trinajstić information content (AvgIpc) is 2.98. The largest absolute Gasteiger partial charge is 0.444 e. The zero-order chi connectivity index (χ0) is 23.6. The fourth-order valence-electron chi connectivity index (χ4n) is 3.98. The third-order valence-electron chi connectivity index (χ3n) is 5.23. The molecule has 1 saturated heterocycles. The summed E-state index contributed by atoms with van der Waals surface area (Å²) in [6.07, 6.45) is -4.46. The van der Waals surface area contributed by atoms with Gasteiger partial charge in [-0.2, -0.15) is 13.2 Å². The highest BCUT2D eigenvalue weighted by molar-refractivity contribution is 5.81. The van der Waals surface area contributed by atoms with E-state index in [0.29, 0.717) is 12.0 Å². The van der Waals surface area contributed by atoms with Crippen LogP contribution in [0.3, 0.4) is 0 Å². The van der Waals surface area contributed by atoms with Crippen LogP contribution in [0.25, 0.3) is 0 Å². The van der Waals surface area contributed by atoms with Crippen molar-refractivity contribution in [3.05, 3.63) is 35.4 Å². The van der Waals surface area contributed by atoms with Gasteiger partial charge in [-0.1, -0.05) is 12.1 Å². The molecule has 0 unspecified atom stereocenters. The first-order valence-electron chi connectivity index (χ1n) is 10.1. The van der Waals surface area contributed by atoms with Gasteiger partial charge in [0.05, 0.1) is 23.6 Å². The number of likely N-dealkylation sites (tertiary alicyclic amines) is 1. The van der Waals surface area contributed by atoms with Crippen LogP contribution in [0.1, 0.15) is 38.3 Å². The fraction of sp³-hybridized carbons (Fsp3) is 0.636. The molecule has 0 N–H and O–H groups in total. The van der Waals surface area contributed by atoms with Crippen molar-refractivity contribution >= 4 is 12.0 Å². The molecule has 0 spiro atoms. The van der Waals surface area contributed by atoms with Crippen molar-refractivity contribution in [3.63, 3.8) is 0 Å². The maximum atomic E-state index is 13.0. The minimum Gasteiger partial charge on any atom is -0.444 e. The highest BCUT2D eigenvalue weighted by Crippen LogP contribution is 2.39. The summed E-state index contributed by atoms with van der Waals surface area (Å²) >= 11 is 0. The second-order valence-corrected chi connectivity index (χ2v) is 9.25. The summed E-state index contributed by atoms with van der Waals surface area (Å²) in [4.78, 5) is 28.7. The molecule has 174 valence electrons. The van der Waals surface area contributed by atoms with Crippen molar-refractivity contribution in [1.82, 2.24) is 9.80 Å². The van der Waals surface area contributed by atoms with E-state index >= 15 is 0 Å². The summed E-state index contributed by atoms with van der Waals surface area (Å²) in [5.74, 6) is -0.592. The zero-order valence-electron chi connectivity index (χ0n) is 18.9. The van der Waals surface area contributed by atoms with Crippen LogP contribution in [0.2, 0.25) is 0 Å². The van der Waals surface area contributed by atoms with Crippen LogP contribution in [-0.4, -0.2) is 67.3 Å². The Bertz CT molecular complexity index is 787. The van der Waals surface area contributed by atoms with E-state index in [2.05, 4.69) is 0 Å². The van der Waals surface area contributed by atoms with E-state index in [1.54, 1.807) is 34.9 Å². The lowest BCUT2D eigenvalue weighted by Gasteiger charge is -2.38. The van der Waals surface area contributed by atoms with Crippen LogP contribution in [0, 0.1) is 5.92 Å². The van der Waals surface area contributed by atoms with Gasteiger partial charge in [0.1, 0.15) is 5.60 Å². The first-order valence-corrected chi connectivity index (χ1v) is 10.1. The maximum Gasteiger partial charge on any atom is 0.416 e. The summed E-state index contributed by atoms with van der Waals surface area (Å²) in [5.41, 5.74) is -1.80. The Hall–Kier alpha value is -2.29. The lowest BCUT2D eigenvalue weighted by atomic mass is 9.85. The van der Waals surface area contributed by atoms with Crippen molar-refractivity contribution in [2.45, 2.75) is 50.9 Å². The van der Waals surface area contributed by atoms with E-state index in [1.807, 2.05) is 0 Å². The van der Waals surface area contributed by atoms with Crippen molar-refractivity contribution in [3.8, 4) is 0 Å². The summed E-state index contributed by atoms with van der Waals surface area (Å²) in [7, 11) is 4.78. The van der Waals surface area contributed by atoms with E-state index in [9.17, 15) is 22.8 Å². The molecule has 2 rings (SSSR count). The molecule has 2 atom stereocenters. The average molecular weight is 444 g/mol. The highest BCUT2D eigenvalue weighted by Gasteiger charge is 2.51. The Kier molecular flexibility index (Phi) is 7.30. The number of amides is 2. The van der Waals surface area contributed by atoms with E-state index < -0.39 is 34.9 Å². The smallest absolute Gasteiger partial charge is 0.416 e. The first-order chi connectivity index (χ1) is 14.2. The van der Waals surface area contributed by atoms with Gasteiger partial charge < -0.3 is 14.4 Å². The second-order valence-electron chi connectivity index (χ2n) is 9.25. The number of ether oxygens (including phenoxy) is 2. The normalized spacial score (nSPS) is 21.8.